The fraction of sp³-hybridized carbons (Fsp3) is 0.625. The lowest BCUT2D eigenvalue weighted by Crippen LogP contribution is -2.37. The molecule has 8 heteroatoms. The van der Waals surface area contributed by atoms with Crippen molar-refractivity contribution in [3.05, 3.63) is 33.9 Å². The minimum absolute atomic E-state index is 0.00655. The van der Waals surface area contributed by atoms with Crippen molar-refractivity contribution in [1.29, 1.82) is 0 Å². The van der Waals surface area contributed by atoms with Crippen LogP contribution in [0.2, 0.25) is 0 Å². The molecule has 0 spiro atoms. The zero-order valence-electron chi connectivity index (χ0n) is 14.9. The number of nitro benzene ring substituents is 1. The van der Waals surface area contributed by atoms with E-state index in [1.54, 1.807) is 6.07 Å². The molecule has 0 N–H and O–H groups in total. The lowest BCUT2D eigenvalue weighted by molar-refractivity contribution is -0.385. The first-order chi connectivity index (χ1) is 11.0. The van der Waals surface area contributed by atoms with E-state index in [4.69, 9.17) is 4.74 Å². The number of benzene rings is 1. The summed E-state index contributed by atoms with van der Waals surface area (Å²) in [4.78, 5) is 12.6. The molecule has 0 aromatic heterocycles. The lowest BCUT2D eigenvalue weighted by Gasteiger charge is -2.28. The fourth-order valence-corrected chi connectivity index (χ4v) is 3.60. The zero-order valence-corrected chi connectivity index (χ0v) is 15.7. The Morgan fingerprint density at radius 3 is 2.38 bits per heavy atom. The number of nitrogens with zero attached hydrogens (tertiary/aromatic N) is 2. The van der Waals surface area contributed by atoms with Gasteiger partial charge in [-0.15, -0.1) is 0 Å². The van der Waals surface area contributed by atoms with Gasteiger partial charge in [0.1, 0.15) is 15.6 Å². The SMILES string of the molecule is CCN(Cc1cc([N+](=O)[O-])ccc1OC(C)C)C(C)CS(C)(=O)=O. The molecule has 0 amide bonds. The second-order valence-electron chi connectivity index (χ2n) is 6.22. The molecule has 0 aliphatic heterocycles. The summed E-state index contributed by atoms with van der Waals surface area (Å²) in [7, 11) is -3.10. The standard InChI is InChI=1S/C16H26N2O5S/c1-6-17(13(4)11-24(5,21)22)10-14-9-15(18(19)20)7-8-16(14)23-12(2)3/h7-9,12-13H,6,10-11H2,1-5H3. The van der Waals surface area contributed by atoms with Crippen LogP contribution in [0.25, 0.3) is 0 Å². The van der Waals surface area contributed by atoms with Gasteiger partial charge in [-0.1, -0.05) is 6.92 Å². The molecule has 0 heterocycles. The first-order valence-corrected chi connectivity index (χ1v) is 9.95. The Balaban J connectivity index is 3.11. The number of hydrogen-bond acceptors (Lipinski definition) is 6. The van der Waals surface area contributed by atoms with Gasteiger partial charge in [-0.25, -0.2) is 8.42 Å². The topological polar surface area (TPSA) is 89.8 Å². The van der Waals surface area contributed by atoms with Crippen molar-refractivity contribution in [2.45, 2.75) is 46.4 Å². The highest BCUT2D eigenvalue weighted by Crippen LogP contribution is 2.27. The number of hydrogen-bond donors (Lipinski definition) is 0. The molecule has 0 aliphatic carbocycles. The normalized spacial score (nSPS) is 13.3. The maximum atomic E-state index is 11.5. The molecule has 0 radical (unpaired) electrons. The number of nitro groups is 1. The Bertz CT molecular complexity index is 673. The highest BCUT2D eigenvalue weighted by Gasteiger charge is 2.21. The van der Waals surface area contributed by atoms with Gasteiger partial charge in [-0.05, 0) is 33.4 Å². The first-order valence-electron chi connectivity index (χ1n) is 7.89. The molecule has 1 rings (SSSR count). The summed E-state index contributed by atoms with van der Waals surface area (Å²) < 4.78 is 28.8. The van der Waals surface area contributed by atoms with Crippen LogP contribution in [0.3, 0.4) is 0 Å². The van der Waals surface area contributed by atoms with Crippen molar-refractivity contribution in [1.82, 2.24) is 4.90 Å². The molecule has 0 saturated carbocycles. The molecular weight excluding hydrogens is 332 g/mol. The molecule has 0 aliphatic rings. The minimum Gasteiger partial charge on any atom is -0.491 e. The Hall–Kier alpha value is -1.67. The van der Waals surface area contributed by atoms with Crippen LogP contribution in [0.15, 0.2) is 18.2 Å². The summed E-state index contributed by atoms with van der Waals surface area (Å²) >= 11 is 0. The van der Waals surface area contributed by atoms with Gasteiger partial charge in [0.25, 0.3) is 5.69 Å². The zero-order chi connectivity index (χ0) is 18.5. The van der Waals surface area contributed by atoms with Gasteiger partial charge in [0.15, 0.2) is 0 Å². The van der Waals surface area contributed by atoms with Crippen LogP contribution < -0.4 is 4.74 Å². The summed E-state index contributed by atoms with van der Waals surface area (Å²) in [6.07, 6.45) is 1.14. The summed E-state index contributed by atoms with van der Waals surface area (Å²) in [5.41, 5.74) is 0.674. The average Bonchev–Trinajstić information content (AvgIpc) is 2.43. The van der Waals surface area contributed by atoms with Gasteiger partial charge in [0.2, 0.25) is 0 Å². The van der Waals surface area contributed by atoms with E-state index < -0.39 is 14.8 Å². The van der Waals surface area contributed by atoms with Gasteiger partial charge in [0.05, 0.1) is 16.8 Å². The number of sulfone groups is 1. The van der Waals surface area contributed by atoms with Gasteiger partial charge < -0.3 is 4.74 Å². The van der Waals surface area contributed by atoms with Gasteiger partial charge >= 0.3 is 0 Å². The van der Waals surface area contributed by atoms with Crippen LogP contribution in [0.4, 0.5) is 5.69 Å². The molecule has 1 aromatic rings. The monoisotopic (exact) mass is 358 g/mol. The van der Waals surface area contributed by atoms with Crippen molar-refractivity contribution >= 4 is 15.5 Å². The molecular formula is C16H26N2O5S. The molecule has 1 unspecified atom stereocenters. The first kappa shape index (κ1) is 20.4. The predicted molar refractivity (Wildman–Crippen MR) is 94.1 cm³/mol. The van der Waals surface area contributed by atoms with E-state index in [0.29, 0.717) is 24.4 Å². The Morgan fingerprint density at radius 1 is 1.29 bits per heavy atom. The Labute approximate surface area is 143 Å². The van der Waals surface area contributed by atoms with Crippen molar-refractivity contribution in [3.8, 4) is 5.75 Å². The van der Waals surface area contributed by atoms with Crippen LogP contribution in [-0.2, 0) is 16.4 Å². The van der Waals surface area contributed by atoms with Crippen LogP contribution in [0, 0.1) is 10.1 Å². The van der Waals surface area contributed by atoms with E-state index in [0.717, 1.165) is 0 Å². The van der Waals surface area contributed by atoms with Crippen molar-refractivity contribution in [2.75, 3.05) is 18.6 Å². The number of non-ortho nitro benzene ring substituents is 1. The molecule has 7 nitrogen and oxygen atoms in total. The second-order valence-corrected chi connectivity index (χ2v) is 8.41. The van der Waals surface area contributed by atoms with Crippen LogP contribution >= 0.6 is 0 Å². The molecule has 136 valence electrons. The summed E-state index contributed by atoms with van der Waals surface area (Å²) in [5, 5.41) is 11.0. The van der Waals surface area contributed by atoms with Crippen LogP contribution in [0.1, 0.15) is 33.3 Å². The summed E-state index contributed by atoms with van der Waals surface area (Å²) in [6, 6.07) is 4.31. The van der Waals surface area contributed by atoms with E-state index in [-0.39, 0.29) is 23.6 Å². The lowest BCUT2D eigenvalue weighted by atomic mass is 10.1. The van der Waals surface area contributed by atoms with Crippen molar-refractivity contribution in [2.24, 2.45) is 0 Å². The van der Waals surface area contributed by atoms with Crippen LogP contribution in [0.5, 0.6) is 5.75 Å². The van der Waals surface area contributed by atoms with E-state index in [1.165, 1.54) is 18.4 Å². The van der Waals surface area contributed by atoms with Gasteiger partial charge in [-0.2, -0.15) is 0 Å². The van der Waals surface area contributed by atoms with Crippen molar-refractivity contribution in [3.63, 3.8) is 0 Å². The Morgan fingerprint density at radius 2 is 1.92 bits per heavy atom. The molecule has 1 atom stereocenters. The third kappa shape index (κ3) is 6.45. The van der Waals surface area contributed by atoms with Crippen molar-refractivity contribution < 1.29 is 18.1 Å². The second kappa shape index (κ2) is 8.43. The molecule has 0 bridgehead atoms. The van der Waals surface area contributed by atoms with E-state index >= 15 is 0 Å². The average molecular weight is 358 g/mol. The maximum Gasteiger partial charge on any atom is 0.270 e. The molecule has 0 saturated heterocycles. The smallest absolute Gasteiger partial charge is 0.270 e. The molecule has 24 heavy (non-hydrogen) atoms. The van der Waals surface area contributed by atoms with Gasteiger partial charge in [0, 0.05) is 36.5 Å². The van der Waals surface area contributed by atoms with Gasteiger partial charge in [-0.3, -0.25) is 15.0 Å². The largest absolute Gasteiger partial charge is 0.491 e. The summed E-state index contributed by atoms with van der Waals surface area (Å²) in [6.45, 7) is 8.55. The molecule has 1 aromatic carbocycles. The maximum absolute atomic E-state index is 11.5. The predicted octanol–water partition coefficient (Wildman–Crippen LogP) is 2.64. The number of rotatable bonds is 9. The third-order valence-corrected chi connectivity index (χ3v) is 4.65. The van der Waals surface area contributed by atoms with E-state index in [9.17, 15) is 18.5 Å². The number of ether oxygens (including phenoxy) is 1. The molecule has 0 fully saturated rings. The Kier molecular flexibility index (Phi) is 7.16. The van der Waals surface area contributed by atoms with E-state index in [2.05, 4.69) is 0 Å². The van der Waals surface area contributed by atoms with E-state index in [1.807, 2.05) is 32.6 Å². The minimum atomic E-state index is -3.10. The quantitative estimate of drug-likeness (QED) is 0.498. The van der Waals surface area contributed by atoms with Crippen LogP contribution in [-0.4, -0.2) is 48.9 Å². The highest BCUT2D eigenvalue weighted by atomic mass is 32.2. The fourth-order valence-electron chi connectivity index (χ4n) is 2.51. The summed E-state index contributed by atoms with van der Waals surface area (Å²) in [5.74, 6) is 0.622. The third-order valence-electron chi connectivity index (χ3n) is 3.56. The highest BCUT2D eigenvalue weighted by molar-refractivity contribution is 7.90.